The molecule has 20 heavy (non-hydrogen) atoms. The molecule has 1 unspecified atom stereocenters. The van der Waals surface area contributed by atoms with Crippen molar-refractivity contribution < 1.29 is 8.42 Å². The zero-order chi connectivity index (χ0) is 14.9. The highest BCUT2D eigenvalue weighted by atomic mass is 32.2. The molecule has 0 saturated carbocycles. The van der Waals surface area contributed by atoms with Crippen LogP contribution in [0.3, 0.4) is 0 Å². The van der Waals surface area contributed by atoms with Crippen LogP contribution in [0.2, 0.25) is 0 Å². The lowest BCUT2D eigenvalue weighted by Crippen LogP contribution is -2.45. The summed E-state index contributed by atoms with van der Waals surface area (Å²) in [4.78, 5) is 5.84. The van der Waals surface area contributed by atoms with E-state index in [-0.39, 0.29) is 6.04 Å². The van der Waals surface area contributed by atoms with Crippen molar-refractivity contribution in [2.24, 2.45) is 0 Å². The molecular weight excluding hydrogens is 294 g/mol. The van der Waals surface area contributed by atoms with Crippen LogP contribution in [-0.4, -0.2) is 43.1 Å². The number of piperidine rings is 1. The number of hydrogen-bond donors (Lipinski definition) is 1. The van der Waals surface area contributed by atoms with Crippen molar-refractivity contribution in [1.82, 2.24) is 14.6 Å². The molecule has 5 nitrogen and oxygen atoms in total. The highest BCUT2D eigenvalue weighted by Gasteiger charge is 2.26. The molecule has 2 heterocycles. The van der Waals surface area contributed by atoms with Gasteiger partial charge in [-0.2, -0.15) is 0 Å². The molecule has 1 aromatic heterocycles. The molecule has 0 aliphatic carbocycles. The van der Waals surface area contributed by atoms with Gasteiger partial charge >= 0.3 is 0 Å². The molecule has 0 bridgehead atoms. The van der Waals surface area contributed by atoms with Gasteiger partial charge in [-0.15, -0.1) is 11.3 Å². The Morgan fingerprint density at radius 1 is 1.35 bits per heavy atom. The van der Waals surface area contributed by atoms with E-state index in [4.69, 9.17) is 0 Å². The molecule has 1 N–H and O–H groups in total. The number of nitrogens with one attached hydrogen (secondary N) is 1. The summed E-state index contributed by atoms with van der Waals surface area (Å²) in [6.07, 6.45) is 3.00. The summed E-state index contributed by atoms with van der Waals surface area (Å²) < 4.78 is 24.5. The molecule has 114 valence electrons. The molecule has 1 aliphatic rings. The van der Waals surface area contributed by atoms with Gasteiger partial charge in [0, 0.05) is 30.1 Å². The van der Waals surface area contributed by atoms with Crippen molar-refractivity contribution in [2.75, 3.05) is 19.3 Å². The summed E-state index contributed by atoms with van der Waals surface area (Å²) in [6.45, 7) is 7.48. The molecular formula is C13H23N3O2S2. The summed E-state index contributed by atoms with van der Waals surface area (Å²) >= 11 is 1.72. The minimum atomic E-state index is -3.04. The van der Waals surface area contributed by atoms with Crippen LogP contribution in [0, 0.1) is 13.8 Å². The van der Waals surface area contributed by atoms with Gasteiger partial charge in [0.05, 0.1) is 17.0 Å². The van der Waals surface area contributed by atoms with Crippen molar-refractivity contribution in [3.05, 3.63) is 15.6 Å². The first-order valence-corrected chi connectivity index (χ1v) is 9.59. The lowest BCUT2D eigenvalue weighted by atomic mass is 10.0. The average Bonchev–Trinajstić information content (AvgIpc) is 2.68. The first kappa shape index (κ1) is 15.9. The highest BCUT2D eigenvalue weighted by molar-refractivity contribution is 7.88. The maximum absolute atomic E-state index is 11.5. The summed E-state index contributed by atoms with van der Waals surface area (Å²) in [7, 11) is -3.04. The molecule has 1 fully saturated rings. The van der Waals surface area contributed by atoms with E-state index < -0.39 is 10.0 Å². The van der Waals surface area contributed by atoms with Crippen LogP contribution in [0.25, 0.3) is 0 Å². The van der Waals surface area contributed by atoms with Gasteiger partial charge in [-0.1, -0.05) is 0 Å². The fourth-order valence-electron chi connectivity index (χ4n) is 2.73. The van der Waals surface area contributed by atoms with Crippen molar-refractivity contribution in [3.8, 4) is 0 Å². The van der Waals surface area contributed by atoms with Crippen molar-refractivity contribution in [3.63, 3.8) is 0 Å². The van der Waals surface area contributed by atoms with Crippen LogP contribution in [0.4, 0.5) is 0 Å². The number of aryl methyl sites for hydroxylation is 2. The van der Waals surface area contributed by atoms with E-state index in [9.17, 15) is 8.42 Å². The Bertz CT molecular complexity index is 560. The molecule has 1 aromatic rings. The molecule has 2 rings (SSSR count). The first-order chi connectivity index (χ1) is 9.27. The Hall–Kier alpha value is -0.500. The summed E-state index contributed by atoms with van der Waals surface area (Å²) in [5.41, 5.74) is 1.12. The number of thiazole rings is 1. The van der Waals surface area contributed by atoms with Gasteiger partial charge < -0.3 is 5.32 Å². The van der Waals surface area contributed by atoms with Crippen LogP contribution in [0.1, 0.15) is 41.4 Å². The third-order valence-electron chi connectivity index (χ3n) is 3.76. The minimum absolute atomic E-state index is 0.217. The van der Waals surface area contributed by atoms with Gasteiger partial charge in [0.25, 0.3) is 0 Å². The Balaban J connectivity index is 1.91. The van der Waals surface area contributed by atoms with Gasteiger partial charge in [0.1, 0.15) is 0 Å². The van der Waals surface area contributed by atoms with Crippen LogP contribution < -0.4 is 5.32 Å². The van der Waals surface area contributed by atoms with E-state index in [0.717, 1.165) is 23.5 Å². The maximum Gasteiger partial charge on any atom is 0.211 e. The molecule has 0 spiro atoms. The zero-order valence-electron chi connectivity index (χ0n) is 12.5. The van der Waals surface area contributed by atoms with Gasteiger partial charge in [-0.25, -0.2) is 17.7 Å². The van der Waals surface area contributed by atoms with Crippen LogP contribution in [0.5, 0.6) is 0 Å². The molecule has 1 aliphatic heterocycles. The second-order valence-electron chi connectivity index (χ2n) is 5.50. The van der Waals surface area contributed by atoms with E-state index in [2.05, 4.69) is 24.1 Å². The van der Waals surface area contributed by atoms with Crippen molar-refractivity contribution in [2.45, 2.75) is 45.7 Å². The van der Waals surface area contributed by atoms with Crippen LogP contribution in [-0.2, 0) is 10.0 Å². The third-order valence-corrected chi connectivity index (χ3v) is 5.96. The molecule has 0 aromatic carbocycles. The van der Waals surface area contributed by atoms with E-state index in [0.29, 0.717) is 19.1 Å². The van der Waals surface area contributed by atoms with E-state index in [1.165, 1.54) is 11.1 Å². The summed E-state index contributed by atoms with van der Waals surface area (Å²) in [5, 5.41) is 4.68. The average molecular weight is 317 g/mol. The molecule has 0 radical (unpaired) electrons. The van der Waals surface area contributed by atoms with E-state index in [1.807, 2.05) is 6.92 Å². The lowest BCUT2D eigenvalue weighted by Gasteiger charge is -2.32. The predicted molar refractivity (Wildman–Crippen MR) is 82.6 cm³/mol. The van der Waals surface area contributed by atoms with Gasteiger partial charge in [0.15, 0.2) is 0 Å². The van der Waals surface area contributed by atoms with Crippen molar-refractivity contribution >= 4 is 21.4 Å². The second-order valence-corrected chi connectivity index (χ2v) is 8.89. The normalized spacial score (nSPS) is 20.2. The Kier molecular flexibility index (Phi) is 4.84. The number of rotatable bonds is 4. The Labute approximate surface area is 125 Å². The quantitative estimate of drug-likeness (QED) is 0.920. The molecule has 1 atom stereocenters. The van der Waals surface area contributed by atoms with E-state index in [1.54, 1.807) is 15.6 Å². The molecule has 0 amide bonds. The highest BCUT2D eigenvalue weighted by Crippen LogP contribution is 2.24. The number of aromatic nitrogens is 1. The summed E-state index contributed by atoms with van der Waals surface area (Å²) in [6, 6.07) is 0.583. The van der Waals surface area contributed by atoms with E-state index >= 15 is 0 Å². The summed E-state index contributed by atoms with van der Waals surface area (Å²) in [5.74, 6) is 0. The SMILES string of the molecule is Cc1nc(C(C)NC2CCN(S(C)(=O)=O)CC2)c(C)s1. The second kappa shape index (κ2) is 6.09. The largest absolute Gasteiger partial charge is 0.306 e. The van der Waals surface area contributed by atoms with Gasteiger partial charge in [0.2, 0.25) is 10.0 Å². The zero-order valence-corrected chi connectivity index (χ0v) is 14.1. The lowest BCUT2D eigenvalue weighted by molar-refractivity contribution is 0.277. The van der Waals surface area contributed by atoms with Crippen molar-refractivity contribution in [1.29, 1.82) is 0 Å². The predicted octanol–water partition coefficient (Wildman–Crippen LogP) is 1.83. The van der Waals surface area contributed by atoms with Gasteiger partial charge in [-0.05, 0) is 33.6 Å². The fourth-order valence-corrected chi connectivity index (χ4v) is 4.52. The number of nitrogens with zero attached hydrogens (tertiary/aromatic N) is 2. The Morgan fingerprint density at radius 2 is 1.95 bits per heavy atom. The van der Waals surface area contributed by atoms with Crippen LogP contribution >= 0.6 is 11.3 Å². The minimum Gasteiger partial charge on any atom is -0.306 e. The maximum atomic E-state index is 11.5. The number of hydrogen-bond acceptors (Lipinski definition) is 5. The van der Waals surface area contributed by atoms with Gasteiger partial charge in [-0.3, -0.25) is 0 Å². The topological polar surface area (TPSA) is 62.3 Å². The Morgan fingerprint density at radius 3 is 2.40 bits per heavy atom. The third kappa shape index (κ3) is 3.78. The monoisotopic (exact) mass is 317 g/mol. The fraction of sp³-hybridized carbons (Fsp3) is 0.769. The molecule has 7 heteroatoms. The smallest absolute Gasteiger partial charge is 0.211 e. The standard InChI is InChI=1S/C13H23N3O2S2/c1-9(13-10(2)19-11(3)15-13)14-12-5-7-16(8-6-12)20(4,17)18/h9,12,14H,5-8H2,1-4H3. The van der Waals surface area contributed by atoms with Crippen LogP contribution in [0.15, 0.2) is 0 Å². The number of sulfonamides is 1. The first-order valence-electron chi connectivity index (χ1n) is 6.92. The molecule has 1 saturated heterocycles.